The number of imidazole rings is 1. The van der Waals surface area contributed by atoms with Crippen molar-refractivity contribution in [3.63, 3.8) is 0 Å². The van der Waals surface area contributed by atoms with Gasteiger partial charge in [0, 0.05) is 38.1 Å². The van der Waals surface area contributed by atoms with Gasteiger partial charge in [0.05, 0.1) is 5.56 Å². The largest absolute Gasteiger partial charge is 0.389 e. The van der Waals surface area contributed by atoms with Crippen LogP contribution in [-0.4, -0.2) is 26.1 Å². The summed E-state index contributed by atoms with van der Waals surface area (Å²) >= 11 is 5.11. The summed E-state index contributed by atoms with van der Waals surface area (Å²) in [5, 5.41) is 3.31. The standard InChI is InChI=1S/C14H19N5S/c1-9-8-10(2)18-14(12(9)13(15)20)17-5-4-11-16-6-7-19(11)3/h6-8H,4-5H2,1-3H3,(H2,15,20)(H,17,18). The summed E-state index contributed by atoms with van der Waals surface area (Å²) in [4.78, 5) is 9.15. The van der Waals surface area contributed by atoms with Crippen LogP contribution in [0.4, 0.5) is 5.82 Å². The fourth-order valence-electron chi connectivity index (χ4n) is 2.21. The second kappa shape index (κ2) is 6.00. The molecular weight excluding hydrogens is 270 g/mol. The first-order valence-electron chi connectivity index (χ1n) is 6.47. The molecule has 0 saturated carbocycles. The Labute approximate surface area is 124 Å². The zero-order valence-corrected chi connectivity index (χ0v) is 12.8. The zero-order chi connectivity index (χ0) is 14.7. The number of aryl methyl sites for hydroxylation is 3. The molecule has 0 aliphatic carbocycles. The maximum Gasteiger partial charge on any atom is 0.136 e. The van der Waals surface area contributed by atoms with E-state index in [-0.39, 0.29) is 0 Å². The van der Waals surface area contributed by atoms with Crippen molar-refractivity contribution < 1.29 is 0 Å². The van der Waals surface area contributed by atoms with Crippen molar-refractivity contribution in [2.45, 2.75) is 20.3 Å². The molecule has 2 aromatic heterocycles. The van der Waals surface area contributed by atoms with Crippen LogP contribution >= 0.6 is 12.2 Å². The van der Waals surface area contributed by atoms with Crippen LogP contribution in [0.5, 0.6) is 0 Å². The van der Waals surface area contributed by atoms with Gasteiger partial charge in [-0.3, -0.25) is 0 Å². The molecule has 5 nitrogen and oxygen atoms in total. The van der Waals surface area contributed by atoms with Gasteiger partial charge in [-0.2, -0.15) is 0 Å². The molecule has 0 aliphatic heterocycles. The molecule has 0 bridgehead atoms. The Morgan fingerprint density at radius 1 is 1.45 bits per heavy atom. The summed E-state index contributed by atoms with van der Waals surface area (Å²) < 4.78 is 2.01. The van der Waals surface area contributed by atoms with Gasteiger partial charge in [-0.05, 0) is 25.5 Å². The van der Waals surface area contributed by atoms with E-state index in [9.17, 15) is 0 Å². The van der Waals surface area contributed by atoms with Crippen molar-refractivity contribution >= 4 is 23.0 Å². The smallest absolute Gasteiger partial charge is 0.136 e. The number of pyridine rings is 1. The molecule has 2 aromatic rings. The van der Waals surface area contributed by atoms with Gasteiger partial charge in [0.2, 0.25) is 0 Å². The summed E-state index contributed by atoms with van der Waals surface area (Å²) in [6.07, 6.45) is 4.55. The molecule has 106 valence electrons. The minimum Gasteiger partial charge on any atom is -0.389 e. The molecule has 0 saturated heterocycles. The molecule has 0 aromatic carbocycles. The zero-order valence-electron chi connectivity index (χ0n) is 12.0. The number of anilines is 1. The van der Waals surface area contributed by atoms with Crippen LogP contribution in [-0.2, 0) is 13.5 Å². The predicted molar refractivity (Wildman–Crippen MR) is 85.0 cm³/mol. The third-order valence-electron chi connectivity index (χ3n) is 3.15. The lowest BCUT2D eigenvalue weighted by Crippen LogP contribution is -2.18. The van der Waals surface area contributed by atoms with E-state index < -0.39 is 0 Å². The number of hydrogen-bond acceptors (Lipinski definition) is 4. The van der Waals surface area contributed by atoms with Crippen LogP contribution in [0.2, 0.25) is 0 Å². The quantitative estimate of drug-likeness (QED) is 0.820. The van der Waals surface area contributed by atoms with Crippen molar-refractivity contribution in [1.29, 1.82) is 0 Å². The molecule has 0 aliphatic rings. The Morgan fingerprint density at radius 2 is 2.20 bits per heavy atom. The number of nitrogens with zero attached hydrogens (tertiary/aromatic N) is 3. The highest BCUT2D eigenvalue weighted by atomic mass is 32.1. The van der Waals surface area contributed by atoms with Gasteiger partial charge < -0.3 is 15.6 Å². The average Bonchev–Trinajstić information content (AvgIpc) is 2.73. The van der Waals surface area contributed by atoms with Crippen molar-refractivity contribution in [1.82, 2.24) is 14.5 Å². The first kappa shape index (κ1) is 14.5. The SMILES string of the molecule is Cc1cc(C)c(C(N)=S)c(NCCc2nccn2C)n1. The van der Waals surface area contributed by atoms with Crippen LogP contribution in [0, 0.1) is 13.8 Å². The molecule has 0 atom stereocenters. The highest BCUT2D eigenvalue weighted by Gasteiger charge is 2.11. The van der Waals surface area contributed by atoms with Crippen molar-refractivity contribution in [3.05, 3.63) is 41.1 Å². The summed E-state index contributed by atoms with van der Waals surface area (Å²) in [6, 6.07) is 1.98. The summed E-state index contributed by atoms with van der Waals surface area (Å²) in [7, 11) is 1.98. The van der Waals surface area contributed by atoms with Crippen LogP contribution in [0.3, 0.4) is 0 Å². The third-order valence-corrected chi connectivity index (χ3v) is 3.36. The Morgan fingerprint density at radius 3 is 2.80 bits per heavy atom. The fourth-order valence-corrected chi connectivity index (χ4v) is 2.46. The number of hydrogen-bond donors (Lipinski definition) is 2. The second-order valence-corrected chi connectivity index (χ2v) is 5.24. The van der Waals surface area contributed by atoms with Gasteiger partial charge in [0.25, 0.3) is 0 Å². The Bertz CT molecular complexity index is 632. The lowest BCUT2D eigenvalue weighted by Gasteiger charge is -2.13. The van der Waals surface area contributed by atoms with Crippen LogP contribution in [0.15, 0.2) is 18.5 Å². The van der Waals surface area contributed by atoms with E-state index in [4.69, 9.17) is 18.0 Å². The molecule has 0 radical (unpaired) electrons. The topological polar surface area (TPSA) is 68.8 Å². The Hall–Kier alpha value is -1.95. The first-order chi connectivity index (χ1) is 9.49. The predicted octanol–water partition coefficient (Wildman–Crippen LogP) is 1.72. The van der Waals surface area contributed by atoms with Crippen LogP contribution in [0.25, 0.3) is 0 Å². The summed E-state index contributed by atoms with van der Waals surface area (Å²) in [5.74, 6) is 1.78. The minimum absolute atomic E-state index is 0.370. The molecule has 20 heavy (non-hydrogen) atoms. The normalized spacial score (nSPS) is 10.6. The van der Waals surface area contributed by atoms with Crippen LogP contribution in [0.1, 0.15) is 22.6 Å². The molecule has 0 amide bonds. The maximum absolute atomic E-state index is 5.79. The van der Waals surface area contributed by atoms with E-state index in [1.165, 1.54) is 0 Å². The van der Waals surface area contributed by atoms with E-state index in [1.807, 2.05) is 37.7 Å². The molecule has 6 heteroatoms. The van der Waals surface area contributed by atoms with E-state index in [1.54, 1.807) is 6.20 Å². The van der Waals surface area contributed by atoms with Gasteiger partial charge in [-0.15, -0.1) is 0 Å². The molecule has 0 fully saturated rings. The molecule has 2 heterocycles. The van der Waals surface area contributed by atoms with Crippen LogP contribution < -0.4 is 11.1 Å². The van der Waals surface area contributed by atoms with E-state index in [0.29, 0.717) is 4.99 Å². The van der Waals surface area contributed by atoms with E-state index >= 15 is 0 Å². The van der Waals surface area contributed by atoms with E-state index in [2.05, 4.69) is 15.3 Å². The average molecular weight is 289 g/mol. The Balaban J connectivity index is 2.13. The Kier molecular flexibility index (Phi) is 4.34. The monoisotopic (exact) mass is 289 g/mol. The lowest BCUT2D eigenvalue weighted by atomic mass is 10.1. The van der Waals surface area contributed by atoms with Gasteiger partial charge in [-0.1, -0.05) is 12.2 Å². The molecular formula is C14H19N5S. The number of rotatable bonds is 5. The van der Waals surface area contributed by atoms with E-state index in [0.717, 1.165) is 41.4 Å². The van der Waals surface area contributed by atoms with Gasteiger partial charge in [-0.25, -0.2) is 9.97 Å². The first-order valence-corrected chi connectivity index (χ1v) is 6.88. The highest BCUT2D eigenvalue weighted by Crippen LogP contribution is 2.18. The van der Waals surface area contributed by atoms with Gasteiger partial charge in [0.15, 0.2) is 0 Å². The third kappa shape index (κ3) is 3.14. The highest BCUT2D eigenvalue weighted by molar-refractivity contribution is 7.80. The minimum atomic E-state index is 0.370. The molecule has 0 spiro atoms. The second-order valence-electron chi connectivity index (χ2n) is 4.80. The van der Waals surface area contributed by atoms with Crippen molar-refractivity contribution in [2.75, 3.05) is 11.9 Å². The fraction of sp³-hybridized carbons (Fsp3) is 0.357. The number of aromatic nitrogens is 3. The van der Waals surface area contributed by atoms with Crippen molar-refractivity contribution in [2.24, 2.45) is 12.8 Å². The number of nitrogens with two attached hydrogens (primary N) is 1. The summed E-state index contributed by atoms with van der Waals surface area (Å²) in [5.41, 5.74) is 8.61. The van der Waals surface area contributed by atoms with Crippen molar-refractivity contribution in [3.8, 4) is 0 Å². The molecule has 0 unspecified atom stereocenters. The van der Waals surface area contributed by atoms with Gasteiger partial charge in [0.1, 0.15) is 16.6 Å². The lowest BCUT2D eigenvalue weighted by molar-refractivity contribution is 0.788. The molecule has 3 N–H and O–H groups in total. The number of thiocarbonyl (C=S) groups is 1. The maximum atomic E-state index is 5.79. The van der Waals surface area contributed by atoms with Gasteiger partial charge >= 0.3 is 0 Å². The molecule has 2 rings (SSSR count). The summed E-state index contributed by atoms with van der Waals surface area (Å²) in [6.45, 7) is 4.68. The number of nitrogens with one attached hydrogen (secondary N) is 1.